The average molecular weight is 178 g/mol. The van der Waals surface area contributed by atoms with Crippen LogP contribution in [0.15, 0.2) is 0 Å². The van der Waals surface area contributed by atoms with Gasteiger partial charge in [0.1, 0.15) is 0 Å². The van der Waals surface area contributed by atoms with Gasteiger partial charge in [-0.25, -0.2) is 0 Å². The number of amides is 1. The first-order chi connectivity index (χ1) is 5.15. The summed E-state index contributed by atoms with van der Waals surface area (Å²) in [6.07, 6.45) is 0. The molecule has 4 heteroatoms. The molecule has 0 bridgehead atoms. The van der Waals surface area contributed by atoms with Crippen molar-refractivity contribution in [2.45, 2.75) is 12.3 Å². The Kier molecular flexibility index (Phi) is 2.73. The summed E-state index contributed by atoms with van der Waals surface area (Å²) in [6.45, 7) is 2.75. The van der Waals surface area contributed by atoms with Crippen LogP contribution in [-0.2, 0) is 4.79 Å². The maximum absolute atomic E-state index is 10.8. The summed E-state index contributed by atoms with van der Waals surface area (Å²) in [5, 5.41) is 8.73. The van der Waals surface area contributed by atoms with E-state index in [1.807, 2.05) is 0 Å². The van der Waals surface area contributed by atoms with E-state index in [1.54, 1.807) is 4.90 Å². The molecule has 1 saturated heterocycles. The fourth-order valence-electron chi connectivity index (χ4n) is 1.26. The molecule has 0 radical (unpaired) electrons. The molecule has 0 aromatic carbocycles. The first-order valence-corrected chi connectivity index (χ1v) is 4.09. The number of carbonyl (C=O) groups excluding carboxylic acids is 1. The summed E-state index contributed by atoms with van der Waals surface area (Å²) < 4.78 is 0. The molecule has 1 heterocycles. The maximum atomic E-state index is 10.8. The average Bonchev–Trinajstić information content (AvgIpc) is 2.31. The van der Waals surface area contributed by atoms with E-state index in [4.69, 9.17) is 16.7 Å². The molecule has 1 aliphatic heterocycles. The van der Waals surface area contributed by atoms with Crippen molar-refractivity contribution in [1.29, 1.82) is 0 Å². The molecule has 3 nitrogen and oxygen atoms in total. The Balaban J connectivity index is 2.49. The lowest BCUT2D eigenvalue weighted by Crippen LogP contribution is -2.26. The third-order valence-corrected chi connectivity index (χ3v) is 2.54. The van der Waals surface area contributed by atoms with E-state index in [2.05, 4.69) is 0 Å². The molecule has 0 aliphatic carbocycles. The van der Waals surface area contributed by atoms with Crippen LogP contribution in [0.25, 0.3) is 0 Å². The van der Waals surface area contributed by atoms with Crippen molar-refractivity contribution in [1.82, 2.24) is 4.90 Å². The molecule has 0 aromatic rings. The van der Waals surface area contributed by atoms with Gasteiger partial charge >= 0.3 is 0 Å². The molecule has 11 heavy (non-hydrogen) atoms. The largest absolute Gasteiger partial charge is 0.396 e. The van der Waals surface area contributed by atoms with E-state index in [1.165, 1.54) is 6.92 Å². The quantitative estimate of drug-likeness (QED) is 0.576. The van der Waals surface area contributed by atoms with E-state index >= 15 is 0 Å². The number of carbonyl (C=O) groups is 1. The van der Waals surface area contributed by atoms with Gasteiger partial charge in [-0.2, -0.15) is 0 Å². The summed E-state index contributed by atoms with van der Waals surface area (Å²) in [5.41, 5.74) is 0. The summed E-state index contributed by atoms with van der Waals surface area (Å²) in [7, 11) is 0. The van der Waals surface area contributed by atoms with Crippen molar-refractivity contribution >= 4 is 17.5 Å². The molecule has 1 amide bonds. The van der Waals surface area contributed by atoms with Crippen LogP contribution in [0, 0.1) is 5.92 Å². The van der Waals surface area contributed by atoms with Gasteiger partial charge in [0.2, 0.25) is 5.91 Å². The number of halogens is 1. The van der Waals surface area contributed by atoms with Gasteiger partial charge in [-0.05, 0) is 0 Å². The molecule has 0 aromatic heterocycles. The molecule has 1 fully saturated rings. The smallest absolute Gasteiger partial charge is 0.219 e. The van der Waals surface area contributed by atoms with Crippen LogP contribution in [0.4, 0.5) is 0 Å². The van der Waals surface area contributed by atoms with E-state index in [0.717, 1.165) is 0 Å². The van der Waals surface area contributed by atoms with Gasteiger partial charge in [-0.1, -0.05) is 0 Å². The van der Waals surface area contributed by atoms with Crippen LogP contribution in [0.5, 0.6) is 0 Å². The normalized spacial score (nSPS) is 31.0. The SMILES string of the molecule is CC(=O)N1CC(Cl)C(CO)C1. The highest BCUT2D eigenvalue weighted by Crippen LogP contribution is 2.21. The van der Waals surface area contributed by atoms with Gasteiger partial charge in [0.25, 0.3) is 0 Å². The van der Waals surface area contributed by atoms with Crippen molar-refractivity contribution in [3.63, 3.8) is 0 Å². The van der Waals surface area contributed by atoms with Gasteiger partial charge in [0.05, 0.1) is 5.38 Å². The number of nitrogens with zero attached hydrogens (tertiary/aromatic N) is 1. The molecule has 0 spiro atoms. The number of likely N-dealkylation sites (tertiary alicyclic amines) is 1. The number of alkyl halides is 1. The number of aliphatic hydroxyl groups excluding tert-OH is 1. The van der Waals surface area contributed by atoms with Crippen molar-refractivity contribution in [2.24, 2.45) is 5.92 Å². The molecule has 2 atom stereocenters. The minimum atomic E-state index is -0.0797. The van der Waals surface area contributed by atoms with Crippen LogP contribution in [0.3, 0.4) is 0 Å². The monoisotopic (exact) mass is 177 g/mol. The number of hydrogen-bond donors (Lipinski definition) is 1. The molecule has 1 aliphatic rings. The minimum absolute atomic E-state index is 0.0339. The van der Waals surface area contributed by atoms with Crippen molar-refractivity contribution < 1.29 is 9.90 Å². The zero-order chi connectivity index (χ0) is 8.43. The highest BCUT2D eigenvalue weighted by Gasteiger charge is 2.31. The summed E-state index contributed by atoms with van der Waals surface area (Å²) in [5.74, 6) is 0.0900. The zero-order valence-corrected chi connectivity index (χ0v) is 7.21. The third-order valence-electron chi connectivity index (χ3n) is 2.04. The Morgan fingerprint density at radius 3 is 2.64 bits per heavy atom. The molecule has 64 valence electrons. The molecule has 2 unspecified atom stereocenters. The van der Waals surface area contributed by atoms with E-state index in [0.29, 0.717) is 13.1 Å². The Hall–Kier alpha value is -0.280. The molecule has 1 rings (SSSR count). The lowest BCUT2D eigenvalue weighted by atomic mass is 10.1. The molecule has 0 saturated carbocycles. The molecular formula is C7H12ClNO2. The number of hydrogen-bond acceptors (Lipinski definition) is 2. The predicted octanol–water partition coefficient (Wildman–Crippen LogP) is 0.0644. The minimum Gasteiger partial charge on any atom is -0.396 e. The fraction of sp³-hybridized carbons (Fsp3) is 0.857. The maximum Gasteiger partial charge on any atom is 0.219 e. The topological polar surface area (TPSA) is 40.5 Å². The van der Waals surface area contributed by atoms with Crippen molar-refractivity contribution in [2.75, 3.05) is 19.7 Å². The van der Waals surface area contributed by atoms with Gasteiger partial charge < -0.3 is 10.0 Å². The third kappa shape index (κ3) is 1.84. The second-order valence-corrected chi connectivity index (χ2v) is 3.44. The van der Waals surface area contributed by atoms with Gasteiger partial charge in [0.15, 0.2) is 0 Å². The zero-order valence-electron chi connectivity index (χ0n) is 6.46. The van der Waals surface area contributed by atoms with Crippen molar-refractivity contribution in [3.8, 4) is 0 Å². The summed E-state index contributed by atoms with van der Waals surface area (Å²) in [6, 6.07) is 0. The van der Waals surface area contributed by atoms with Crippen LogP contribution >= 0.6 is 11.6 Å². The van der Waals surface area contributed by atoms with E-state index < -0.39 is 0 Å². The lowest BCUT2D eigenvalue weighted by Gasteiger charge is -2.11. The molecular weight excluding hydrogens is 166 g/mol. The van der Waals surface area contributed by atoms with E-state index in [9.17, 15) is 4.79 Å². The van der Waals surface area contributed by atoms with Crippen LogP contribution in [0.2, 0.25) is 0 Å². The Labute approximate surface area is 70.9 Å². The first kappa shape index (κ1) is 8.81. The standard InChI is InChI=1S/C7H12ClNO2/c1-5(11)9-2-6(4-10)7(8)3-9/h6-7,10H,2-4H2,1H3. The van der Waals surface area contributed by atoms with Crippen LogP contribution in [-0.4, -0.2) is 41.0 Å². The fourth-order valence-corrected chi connectivity index (χ4v) is 1.59. The summed E-state index contributed by atoms with van der Waals surface area (Å²) >= 11 is 5.86. The lowest BCUT2D eigenvalue weighted by molar-refractivity contribution is -0.127. The van der Waals surface area contributed by atoms with Crippen LogP contribution in [0.1, 0.15) is 6.92 Å². The highest BCUT2D eigenvalue weighted by atomic mass is 35.5. The second-order valence-electron chi connectivity index (χ2n) is 2.88. The van der Waals surface area contributed by atoms with E-state index in [-0.39, 0.29) is 23.8 Å². The predicted molar refractivity (Wildman–Crippen MR) is 42.5 cm³/mol. The van der Waals surface area contributed by atoms with Crippen molar-refractivity contribution in [3.05, 3.63) is 0 Å². The molecule has 1 N–H and O–H groups in total. The highest BCUT2D eigenvalue weighted by molar-refractivity contribution is 6.21. The van der Waals surface area contributed by atoms with Gasteiger partial charge in [-0.3, -0.25) is 4.79 Å². The Morgan fingerprint density at radius 1 is 1.73 bits per heavy atom. The van der Waals surface area contributed by atoms with Crippen LogP contribution < -0.4 is 0 Å². The second kappa shape index (κ2) is 3.41. The Morgan fingerprint density at radius 2 is 2.36 bits per heavy atom. The number of rotatable bonds is 1. The van der Waals surface area contributed by atoms with Gasteiger partial charge in [0, 0.05) is 32.5 Å². The Bertz CT molecular complexity index is 163. The van der Waals surface area contributed by atoms with Gasteiger partial charge in [-0.15, -0.1) is 11.6 Å². The number of aliphatic hydroxyl groups is 1. The summed E-state index contributed by atoms with van der Waals surface area (Å²) in [4.78, 5) is 12.5. The first-order valence-electron chi connectivity index (χ1n) is 3.65.